The molecule has 0 amide bonds. The topological polar surface area (TPSA) is 74.6 Å². The molecule has 0 spiro atoms. The van der Waals surface area contributed by atoms with Crippen LogP contribution in [0.25, 0.3) is 6.08 Å². The fraction of sp³-hybridized carbons (Fsp3) is 0.200. The average molecular weight is 251 g/mol. The molecule has 1 rings (SSSR count). The molecule has 0 aliphatic carbocycles. The molecule has 1 aromatic rings. The first-order valence-corrected chi connectivity index (χ1v) is 5.79. The first-order chi connectivity index (χ1) is 6.91. The summed E-state index contributed by atoms with van der Waals surface area (Å²) >= 11 is 0. The van der Waals surface area contributed by atoms with Gasteiger partial charge in [0, 0.05) is 0 Å². The molecular weight excluding hydrogens is 239 g/mol. The van der Waals surface area contributed by atoms with E-state index in [1.807, 2.05) is 6.07 Å². The van der Waals surface area contributed by atoms with Gasteiger partial charge in [-0.15, -0.1) is 0 Å². The second kappa shape index (κ2) is 6.54. The van der Waals surface area contributed by atoms with E-state index >= 15 is 0 Å². The van der Waals surface area contributed by atoms with Crippen molar-refractivity contribution in [2.45, 2.75) is 12.4 Å². The van der Waals surface area contributed by atoms with Crippen molar-refractivity contribution in [1.29, 1.82) is 0 Å². The Morgan fingerprint density at radius 3 is 2.25 bits per heavy atom. The monoisotopic (exact) mass is 251 g/mol. The zero-order chi connectivity index (χ0) is 11.5. The number of rotatable bonds is 3. The summed E-state index contributed by atoms with van der Waals surface area (Å²) in [4.78, 5) is 0. The maximum absolute atomic E-state index is 10.6. The molecule has 82 valence electrons. The minimum Gasteiger partial charge on any atom is -0.372 e. The molecule has 6 heteroatoms. The molecule has 4 nitrogen and oxygen atoms in total. The molecule has 0 fully saturated rings. The van der Waals surface area contributed by atoms with Gasteiger partial charge in [-0.1, -0.05) is 36.4 Å². The zero-order valence-corrected chi connectivity index (χ0v) is 12.0. The Morgan fingerprint density at radius 1 is 1.31 bits per heavy atom. The van der Waals surface area contributed by atoms with Crippen molar-refractivity contribution in [3.05, 3.63) is 41.5 Å². The van der Waals surface area contributed by atoms with Gasteiger partial charge in [-0.2, -0.15) is 8.42 Å². The third kappa shape index (κ3) is 4.78. The summed E-state index contributed by atoms with van der Waals surface area (Å²) in [5.41, 5.74) is -0.931. The van der Waals surface area contributed by atoms with Crippen molar-refractivity contribution in [3.63, 3.8) is 0 Å². The average Bonchev–Trinajstić information content (AvgIpc) is 2.16. The normalized spacial score (nSPS) is 14.1. The van der Waals surface area contributed by atoms with Crippen LogP contribution in [0.3, 0.4) is 0 Å². The van der Waals surface area contributed by atoms with Gasteiger partial charge in [0.25, 0.3) is 10.1 Å². The predicted octanol–water partition coefficient (Wildman–Crippen LogP) is -1.70. The summed E-state index contributed by atoms with van der Waals surface area (Å²) in [6, 6.07) is 8.93. The van der Waals surface area contributed by atoms with Crippen LogP contribution in [0.5, 0.6) is 0 Å². The van der Waals surface area contributed by atoms with Crippen molar-refractivity contribution < 1.29 is 47.6 Å². The molecule has 0 saturated carbocycles. The van der Waals surface area contributed by atoms with Gasteiger partial charge in [-0.25, -0.2) is 0 Å². The fourth-order valence-corrected chi connectivity index (χ4v) is 1.66. The van der Waals surface area contributed by atoms with Gasteiger partial charge in [-0.05, 0) is 18.1 Å². The third-order valence-corrected chi connectivity index (χ3v) is 2.80. The van der Waals surface area contributed by atoms with Gasteiger partial charge in [0.1, 0.15) is 0 Å². The van der Waals surface area contributed by atoms with Crippen LogP contribution >= 0.6 is 0 Å². The maximum Gasteiger partial charge on any atom is 1.00 e. The Labute approximate surface area is 117 Å². The van der Waals surface area contributed by atoms with E-state index in [0.29, 0.717) is 0 Å². The third-order valence-electron chi connectivity index (χ3n) is 1.87. The number of benzene rings is 1. The molecule has 0 saturated heterocycles. The van der Waals surface area contributed by atoms with Gasteiger partial charge < -0.3 is 5.11 Å². The molecule has 16 heavy (non-hydrogen) atoms. The molecule has 0 bridgehead atoms. The van der Waals surface area contributed by atoms with E-state index in [-0.39, 0.29) is 35.1 Å². The summed E-state index contributed by atoms with van der Waals surface area (Å²) in [5.74, 6) is 0. The Bertz CT molecular complexity index is 453. The van der Waals surface area contributed by atoms with E-state index in [9.17, 15) is 13.5 Å². The Hall–Kier alpha value is -0.170. The van der Waals surface area contributed by atoms with E-state index in [4.69, 9.17) is 4.55 Å². The fourth-order valence-electron chi connectivity index (χ4n) is 1.12. The van der Waals surface area contributed by atoms with Gasteiger partial charge >= 0.3 is 29.6 Å². The zero-order valence-electron chi connectivity index (χ0n) is 9.16. The minimum atomic E-state index is -4.43. The maximum atomic E-state index is 10.6. The van der Waals surface area contributed by atoms with E-state index in [1.165, 1.54) is 13.0 Å². The summed E-state index contributed by atoms with van der Waals surface area (Å²) in [7, 11) is -4.43. The molecule has 1 atom stereocenters. The molecule has 0 radical (unpaired) electrons. The largest absolute Gasteiger partial charge is 1.00 e. The van der Waals surface area contributed by atoms with Crippen molar-refractivity contribution in [2.75, 3.05) is 0 Å². The van der Waals surface area contributed by atoms with Gasteiger partial charge in [0.2, 0.25) is 5.44 Å². The van der Waals surface area contributed by atoms with Gasteiger partial charge in [0.05, 0.1) is 0 Å². The Balaban J connectivity index is 0.00000225. The first-order valence-electron chi connectivity index (χ1n) is 4.29. The van der Waals surface area contributed by atoms with Crippen LogP contribution in [0.15, 0.2) is 35.9 Å². The van der Waals surface area contributed by atoms with Crippen LogP contribution in [0.2, 0.25) is 0 Å². The first kappa shape index (κ1) is 15.8. The Morgan fingerprint density at radius 2 is 1.81 bits per heavy atom. The van der Waals surface area contributed by atoms with Crippen LogP contribution in [0.1, 0.15) is 12.5 Å². The molecule has 0 aromatic heterocycles. The predicted molar refractivity (Wildman–Crippen MR) is 57.6 cm³/mol. The summed E-state index contributed by atoms with van der Waals surface area (Å²) < 4.78 is 29.9. The van der Waals surface area contributed by atoms with E-state index < -0.39 is 15.6 Å². The van der Waals surface area contributed by atoms with Crippen LogP contribution in [0, 0.1) is 0 Å². The van der Waals surface area contributed by atoms with Crippen molar-refractivity contribution in [3.8, 4) is 0 Å². The minimum absolute atomic E-state index is 0. The Kier molecular flexibility index (Phi) is 6.47. The van der Waals surface area contributed by atoms with Crippen LogP contribution in [0.4, 0.5) is 0 Å². The number of aliphatic hydroxyl groups excluding tert-OH is 1. The second-order valence-corrected chi connectivity index (χ2v) is 4.64. The number of hydrogen-bond donors (Lipinski definition) is 2. The molecule has 2 N–H and O–H groups in total. The van der Waals surface area contributed by atoms with Crippen molar-refractivity contribution >= 4 is 16.2 Å². The summed E-state index contributed by atoms with van der Waals surface area (Å²) in [6.45, 7) is 1.44. The standard InChI is InChI=1S/C10H12O4S.Na/c1-8(10(11)15(12,13)14)7-9-5-3-2-4-6-9;/h2-7,10-11H,1H3,(H,12,13,14);/q;+1/b8-7+;. The molecule has 0 aliphatic rings. The van der Waals surface area contributed by atoms with Gasteiger partial charge in [-0.3, -0.25) is 4.55 Å². The number of aliphatic hydroxyl groups is 1. The van der Waals surface area contributed by atoms with Crippen molar-refractivity contribution in [1.82, 2.24) is 0 Å². The quantitative estimate of drug-likeness (QED) is 0.496. The number of hydrogen-bond acceptors (Lipinski definition) is 3. The van der Waals surface area contributed by atoms with E-state index in [1.54, 1.807) is 24.3 Å². The van der Waals surface area contributed by atoms with Gasteiger partial charge in [0.15, 0.2) is 0 Å². The van der Waals surface area contributed by atoms with Crippen LogP contribution in [-0.4, -0.2) is 23.5 Å². The summed E-state index contributed by atoms with van der Waals surface area (Å²) in [6.07, 6.45) is 1.50. The van der Waals surface area contributed by atoms with E-state index in [2.05, 4.69) is 0 Å². The SMILES string of the molecule is C/C(=C\c1ccccc1)C(O)S(=O)(=O)O.[Na+]. The molecule has 0 aliphatic heterocycles. The van der Waals surface area contributed by atoms with Crippen LogP contribution < -0.4 is 29.6 Å². The smallest absolute Gasteiger partial charge is 0.372 e. The van der Waals surface area contributed by atoms with E-state index in [0.717, 1.165) is 5.56 Å². The van der Waals surface area contributed by atoms with Crippen LogP contribution in [-0.2, 0) is 10.1 Å². The second-order valence-electron chi connectivity index (χ2n) is 3.17. The molecular formula is C10H12NaO4S+. The summed E-state index contributed by atoms with van der Waals surface area (Å²) in [5, 5.41) is 9.21. The molecule has 1 unspecified atom stereocenters. The molecule has 0 heterocycles. The van der Waals surface area contributed by atoms with Crippen molar-refractivity contribution in [2.24, 2.45) is 0 Å². The molecule has 1 aromatic carbocycles.